The minimum absolute atomic E-state index is 0.0962. The number of hydrogen-bond acceptors (Lipinski definition) is 5. The molecule has 0 unspecified atom stereocenters. The molecule has 1 rings (SSSR count). The van der Waals surface area contributed by atoms with E-state index in [2.05, 4.69) is 22.8 Å². The molecular formula is C14H21NO3S. The Hall–Kier alpha value is -0.900. The van der Waals surface area contributed by atoms with Crippen LogP contribution in [0.25, 0.3) is 0 Å². The maximum absolute atomic E-state index is 8.67. The predicted octanol–water partition coefficient (Wildman–Crippen LogP) is 1.19. The maximum Gasteiger partial charge on any atom is 0.104 e. The number of rotatable bonds is 8. The molecule has 0 atom stereocenters. The second-order valence-electron chi connectivity index (χ2n) is 3.99. The van der Waals surface area contributed by atoms with Crippen LogP contribution in [-0.2, 0) is 16.0 Å². The lowest BCUT2D eigenvalue weighted by Gasteiger charge is -2.20. The summed E-state index contributed by atoms with van der Waals surface area (Å²) in [6.45, 7) is 3.97. The van der Waals surface area contributed by atoms with Crippen LogP contribution in [-0.4, -0.2) is 57.1 Å². The van der Waals surface area contributed by atoms with Crippen molar-refractivity contribution in [3.63, 3.8) is 0 Å². The molecule has 0 spiro atoms. The number of aliphatic hydroxyl groups excluding tert-OH is 1. The second kappa shape index (κ2) is 9.96. The van der Waals surface area contributed by atoms with E-state index in [-0.39, 0.29) is 6.61 Å². The molecular weight excluding hydrogens is 262 g/mol. The van der Waals surface area contributed by atoms with Crippen molar-refractivity contribution in [1.82, 2.24) is 4.90 Å². The highest BCUT2D eigenvalue weighted by Crippen LogP contribution is 2.17. The Morgan fingerprint density at radius 2 is 1.89 bits per heavy atom. The average Bonchev–Trinajstić information content (AvgIpc) is 2.87. The molecule has 4 nitrogen and oxygen atoms in total. The first-order chi connectivity index (χ1) is 9.30. The summed E-state index contributed by atoms with van der Waals surface area (Å²) in [6, 6.07) is 4.08. The van der Waals surface area contributed by atoms with E-state index < -0.39 is 0 Å². The Morgan fingerprint density at radius 1 is 1.21 bits per heavy atom. The van der Waals surface area contributed by atoms with Gasteiger partial charge in [0.1, 0.15) is 6.61 Å². The molecule has 1 N–H and O–H groups in total. The first-order valence-corrected chi connectivity index (χ1v) is 7.00. The van der Waals surface area contributed by atoms with Gasteiger partial charge in [-0.15, -0.1) is 11.3 Å². The molecule has 1 aromatic heterocycles. The number of aliphatic hydroxyl groups is 1. The Labute approximate surface area is 119 Å². The third-order valence-corrected chi connectivity index (χ3v) is 3.54. The fourth-order valence-electron chi connectivity index (χ4n) is 1.59. The first kappa shape index (κ1) is 16.2. The molecule has 0 bridgehead atoms. The molecule has 1 aromatic rings. The average molecular weight is 283 g/mol. The number of hydrogen-bond donors (Lipinski definition) is 1. The van der Waals surface area contributed by atoms with Crippen LogP contribution < -0.4 is 0 Å². The fourth-order valence-corrected chi connectivity index (χ4v) is 2.51. The normalized spacial score (nSPS) is 10.5. The van der Waals surface area contributed by atoms with Crippen LogP contribution in [0.4, 0.5) is 0 Å². The van der Waals surface area contributed by atoms with Crippen molar-refractivity contribution < 1.29 is 14.6 Å². The van der Waals surface area contributed by atoms with E-state index in [1.807, 2.05) is 6.07 Å². The summed E-state index contributed by atoms with van der Waals surface area (Å²) in [5.74, 6) is 5.59. The standard InChI is InChI=1S/C14H21NO3S/c1-17-10-7-15(8-11-18-2)12-14-6-5-13(19-14)4-3-9-16/h5-6,16H,7-12H2,1-2H3. The van der Waals surface area contributed by atoms with Crippen molar-refractivity contribution in [3.05, 3.63) is 21.9 Å². The summed E-state index contributed by atoms with van der Waals surface area (Å²) in [7, 11) is 3.42. The van der Waals surface area contributed by atoms with Gasteiger partial charge in [-0.2, -0.15) is 0 Å². The fraction of sp³-hybridized carbons (Fsp3) is 0.571. The summed E-state index contributed by atoms with van der Waals surface area (Å²) in [4.78, 5) is 4.54. The maximum atomic E-state index is 8.67. The van der Waals surface area contributed by atoms with Crippen LogP contribution in [0.3, 0.4) is 0 Å². The molecule has 0 saturated heterocycles. The zero-order valence-electron chi connectivity index (χ0n) is 11.5. The molecule has 0 amide bonds. The van der Waals surface area contributed by atoms with Crippen molar-refractivity contribution in [2.24, 2.45) is 0 Å². The van der Waals surface area contributed by atoms with Crippen molar-refractivity contribution in [1.29, 1.82) is 0 Å². The Bertz CT molecular complexity index is 400. The van der Waals surface area contributed by atoms with E-state index in [0.29, 0.717) is 13.2 Å². The molecule has 19 heavy (non-hydrogen) atoms. The van der Waals surface area contributed by atoms with Gasteiger partial charge in [0.2, 0.25) is 0 Å². The van der Waals surface area contributed by atoms with Crippen molar-refractivity contribution >= 4 is 11.3 Å². The van der Waals surface area contributed by atoms with Gasteiger partial charge in [0.25, 0.3) is 0 Å². The molecule has 0 saturated carbocycles. The smallest absolute Gasteiger partial charge is 0.104 e. The summed E-state index contributed by atoms with van der Waals surface area (Å²) in [6.07, 6.45) is 0. The molecule has 1 heterocycles. The number of methoxy groups -OCH3 is 2. The van der Waals surface area contributed by atoms with E-state index in [4.69, 9.17) is 14.6 Å². The molecule has 0 aliphatic heterocycles. The van der Waals surface area contributed by atoms with Crippen LogP contribution >= 0.6 is 11.3 Å². The highest BCUT2D eigenvalue weighted by molar-refractivity contribution is 7.12. The monoisotopic (exact) mass is 283 g/mol. The van der Waals surface area contributed by atoms with Gasteiger partial charge in [0.15, 0.2) is 0 Å². The summed E-state index contributed by atoms with van der Waals surface area (Å²) < 4.78 is 10.2. The summed E-state index contributed by atoms with van der Waals surface area (Å²) >= 11 is 1.66. The van der Waals surface area contributed by atoms with Crippen LogP contribution in [0.1, 0.15) is 9.75 Å². The van der Waals surface area contributed by atoms with E-state index in [1.165, 1.54) is 4.88 Å². The van der Waals surface area contributed by atoms with E-state index in [1.54, 1.807) is 25.6 Å². The zero-order chi connectivity index (χ0) is 13.9. The lowest BCUT2D eigenvalue weighted by Crippen LogP contribution is -2.29. The van der Waals surface area contributed by atoms with Crippen LogP contribution in [0.5, 0.6) is 0 Å². The van der Waals surface area contributed by atoms with E-state index in [9.17, 15) is 0 Å². The molecule has 0 aromatic carbocycles. The summed E-state index contributed by atoms with van der Waals surface area (Å²) in [5, 5.41) is 8.67. The molecule has 0 aliphatic carbocycles. The second-order valence-corrected chi connectivity index (χ2v) is 5.16. The number of thiophene rings is 1. The van der Waals surface area contributed by atoms with Gasteiger partial charge < -0.3 is 14.6 Å². The number of nitrogens with zero attached hydrogens (tertiary/aromatic N) is 1. The summed E-state index contributed by atoms with van der Waals surface area (Å²) in [5.41, 5.74) is 0. The Morgan fingerprint density at radius 3 is 2.47 bits per heavy atom. The SMILES string of the molecule is COCCN(CCOC)Cc1ccc(C#CCO)s1. The van der Waals surface area contributed by atoms with Gasteiger partial charge in [0.05, 0.1) is 18.1 Å². The molecule has 0 fully saturated rings. The largest absolute Gasteiger partial charge is 0.384 e. The lowest BCUT2D eigenvalue weighted by atomic mass is 10.3. The molecule has 5 heteroatoms. The lowest BCUT2D eigenvalue weighted by molar-refractivity contribution is 0.111. The quantitative estimate of drug-likeness (QED) is 0.728. The minimum Gasteiger partial charge on any atom is -0.384 e. The minimum atomic E-state index is -0.0962. The van der Waals surface area contributed by atoms with Gasteiger partial charge in [0, 0.05) is 38.7 Å². The van der Waals surface area contributed by atoms with Gasteiger partial charge >= 0.3 is 0 Å². The van der Waals surface area contributed by atoms with Crippen LogP contribution in [0.2, 0.25) is 0 Å². The Kier molecular flexibility index (Phi) is 8.47. The Balaban J connectivity index is 2.53. The van der Waals surface area contributed by atoms with Gasteiger partial charge in [-0.05, 0) is 12.1 Å². The highest BCUT2D eigenvalue weighted by Gasteiger charge is 2.07. The molecule has 0 radical (unpaired) electrons. The van der Waals surface area contributed by atoms with Gasteiger partial charge in [-0.25, -0.2) is 0 Å². The molecule has 106 valence electrons. The first-order valence-electron chi connectivity index (χ1n) is 6.18. The topological polar surface area (TPSA) is 41.9 Å². The highest BCUT2D eigenvalue weighted by atomic mass is 32.1. The number of ether oxygens (including phenoxy) is 2. The van der Waals surface area contributed by atoms with Crippen molar-refractivity contribution in [2.75, 3.05) is 47.1 Å². The predicted molar refractivity (Wildman–Crippen MR) is 77.3 cm³/mol. The third kappa shape index (κ3) is 6.71. The zero-order valence-corrected chi connectivity index (χ0v) is 12.3. The van der Waals surface area contributed by atoms with Crippen LogP contribution in [0.15, 0.2) is 12.1 Å². The van der Waals surface area contributed by atoms with E-state index in [0.717, 1.165) is 24.5 Å². The van der Waals surface area contributed by atoms with Crippen LogP contribution in [0, 0.1) is 11.8 Å². The van der Waals surface area contributed by atoms with Gasteiger partial charge in [-0.1, -0.05) is 11.8 Å². The van der Waals surface area contributed by atoms with Crippen molar-refractivity contribution in [3.8, 4) is 11.8 Å². The van der Waals surface area contributed by atoms with Gasteiger partial charge in [-0.3, -0.25) is 4.90 Å². The third-order valence-electron chi connectivity index (χ3n) is 2.56. The van der Waals surface area contributed by atoms with E-state index >= 15 is 0 Å². The molecule has 0 aliphatic rings. The van der Waals surface area contributed by atoms with Crippen molar-refractivity contribution in [2.45, 2.75) is 6.54 Å².